The molecule has 0 aliphatic carbocycles. The number of benzene rings is 1. The average molecular weight is 402 g/mol. The van der Waals surface area contributed by atoms with Crippen molar-refractivity contribution < 1.29 is 31.1 Å². The predicted molar refractivity (Wildman–Crippen MR) is 87.1 cm³/mol. The maximum absolute atomic E-state index is 13.2. The van der Waals surface area contributed by atoms with Gasteiger partial charge in [0.05, 0.1) is 11.1 Å². The number of hydrogen-bond acceptors (Lipinski definition) is 3. The van der Waals surface area contributed by atoms with Crippen LogP contribution in [0.4, 0.5) is 26.3 Å². The first-order valence-electron chi connectivity index (χ1n) is 8.04. The van der Waals surface area contributed by atoms with Crippen LogP contribution in [0.2, 0.25) is 0 Å². The summed E-state index contributed by atoms with van der Waals surface area (Å²) in [5.41, 5.74) is 4.77. The molecule has 1 aromatic carbocycles. The molecule has 5 nitrogen and oxygen atoms in total. The smallest absolute Gasteiger partial charge is 0.360 e. The van der Waals surface area contributed by atoms with Crippen LogP contribution in [0.25, 0.3) is 21.3 Å². The maximum atomic E-state index is 13.2. The molecule has 2 atom stereocenters. The van der Waals surface area contributed by atoms with Gasteiger partial charge >= 0.3 is 12.4 Å². The van der Waals surface area contributed by atoms with E-state index in [4.69, 9.17) is 10.3 Å². The zero-order valence-corrected chi connectivity index (χ0v) is 14.0. The minimum Gasteiger partial charge on any atom is -0.360 e. The second-order valence-electron chi connectivity index (χ2n) is 5.99. The molecule has 148 valence electrons. The molecule has 1 aliphatic rings. The van der Waals surface area contributed by atoms with Gasteiger partial charge in [-0.15, -0.1) is 0 Å². The molecule has 2 heterocycles. The summed E-state index contributed by atoms with van der Waals surface area (Å²) < 4.78 is 84.6. The highest BCUT2D eigenvalue weighted by Gasteiger charge is 2.43. The number of nitrogens with zero attached hydrogens (tertiary/aromatic N) is 4. The third-order valence-electron chi connectivity index (χ3n) is 4.08. The minimum absolute atomic E-state index is 0.00637. The molecule has 11 heteroatoms. The van der Waals surface area contributed by atoms with E-state index in [1.165, 1.54) is 6.07 Å². The van der Waals surface area contributed by atoms with Crippen LogP contribution in [0.1, 0.15) is 29.3 Å². The lowest BCUT2D eigenvalue weighted by Gasteiger charge is -2.14. The summed E-state index contributed by atoms with van der Waals surface area (Å²) in [6.45, 7) is 0.204. The van der Waals surface area contributed by atoms with Crippen molar-refractivity contribution in [2.24, 2.45) is 5.11 Å². The van der Waals surface area contributed by atoms with Gasteiger partial charge in [0.2, 0.25) is 0 Å². The number of rotatable bonds is 5. The van der Waals surface area contributed by atoms with E-state index in [0.717, 1.165) is 12.1 Å². The Morgan fingerprint density at radius 1 is 1.18 bits per heavy atom. The molecule has 28 heavy (non-hydrogen) atoms. The van der Waals surface area contributed by atoms with E-state index in [2.05, 4.69) is 15.0 Å². The zero-order valence-electron chi connectivity index (χ0n) is 14.0. The van der Waals surface area contributed by atoms with Gasteiger partial charge in [0, 0.05) is 16.8 Å². The summed E-state index contributed by atoms with van der Waals surface area (Å²) in [6, 6.07) is 3.83. The van der Waals surface area contributed by atoms with Crippen LogP contribution in [-0.4, -0.2) is 17.6 Å². The summed E-state index contributed by atoms with van der Waals surface area (Å²) in [7, 11) is 0. The fourth-order valence-electron chi connectivity index (χ4n) is 2.81. The van der Waals surface area contributed by atoms with E-state index in [1.54, 1.807) is 12.2 Å². The number of alkyl halides is 6. The Balaban J connectivity index is 2.02. The summed E-state index contributed by atoms with van der Waals surface area (Å²) in [5.74, 6) is 0. The number of para-hydroxylation sites is 1. The molecule has 0 saturated carbocycles. The highest BCUT2D eigenvalue weighted by Crippen LogP contribution is 2.46. The highest BCUT2D eigenvalue weighted by atomic mass is 19.4. The summed E-state index contributed by atoms with van der Waals surface area (Å²) >= 11 is 0. The van der Waals surface area contributed by atoms with E-state index in [9.17, 15) is 26.3 Å². The van der Waals surface area contributed by atoms with Crippen LogP contribution >= 0.6 is 0 Å². The quantitative estimate of drug-likeness (QED) is 0.118. The van der Waals surface area contributed by atoms with Crippen LogP contribution in [0.5, 0.6) is 0 Å². The molecular weight excluding hydrogens is 390 g/mol. The molecule has 3 rings (SSSR count). The number of epoxide rings is 1. The van der Waals surface area contributed by atoms with Gasteiger partial charge < -0.3 is 4.74 Å². The van der Waals surface area contributed by atoms with Crippen molar-refractivity contribution in [1.29, 1.82) is 0 Å². The fraction of sp³-hybridized carbons (Fsp3) is 0.353. The molecule has 0 N–H and O–H groups in total. The molecule has 0 spiro atoms. The maximum Gasteiger partial charge on any atom is 0.433 e. The lowest BCUT2D eigenvalue weighted by Crippen LogP contribution is -2.12. The average Bonchev–Trinajstić information content (AvgIpc) is 3.37. The highest BCUT2D eigenvalue weighted by molar-refractivity contribution is 5.86. The monoisotopic (exact) mass is 402 g/mol. The second-order valence-corrected chi connectivity index (χ2v) is 5.99. The Hall–Kier alpha value is -2.78. The van der Waals surface area contributed by atoms with E-state index >= 15 is 0 Å². The van der Waals surface area contributed by atoms with Gasteiger partial charge in [0.25, 0.3) is 0 Å². The Morgan fingerprint density at radius 2 is 1.93 bits per heavy atom. The number of azide groups is 1. The van der Waals surface area contributed by atoms with E-state index < -0.39 is 41.3 Å². The number of ether oxygens (including phenoxy) is 1. The van der Waals surface area contributed by atoms with Gasteiger partial charge in [0.15, 0.2) is 0 Å². The third-order valence-corrected chi connectivity index (χ3v) is 4.08. The molecule has 1 aliphatic heterocycles. The lowest BCUT2D eigenvalue weighted by atomic mass is 9.99. The molecule has 1 aromatic heterocycles. The topological polar surface area (TPSA) is 74.2 Å². The number of aromatic nitrogens is 1. The van der Waals surface area contributed by atoms with E-state index in [1.807, 2.05) is 0 Å². The number of pyridine rings is 1. The molecule has 0 bridgehead atoms. The van der Waals surface area contributed by atoms with Gasteiger partial charge in [-0.05, 0) is 29.6 Å². The molecule has 0 unspecified atom stereocenters. The Labute approximate surface area is 154 Å². The van der Waals surface area contributed by atoms with Crippen LogP contribution in [-0.2, 0) is 17.1 Å². The van der Waals surface area contributed by atoms with Crippen molar-refractivity contribution >= 4 is 10.9 Å². The first-order valence-corrected chi connectivity index (χ1v) is 8.04. The fourth-order valence-corrected chi connectivity index (χ4v) is 2.81. The van der Waals surface area contributed by atoms with Gasteiger partial charge in [-0.1, -0.05) is 29.4 Å². The van der Waals surface area contributed by atoms with Crippen molar-refractivity contribution in [1.82, 2.24) is 4.98 Å². The third kappa shape index (κ3) is 4.20. The molecular formula is C17H12F6N4O. The van der Waals surface area contributed by atoms with Gasteiger partial charge in [-0.2, -0.15) is 26.3 Å². The van der Waals surface area contributed by atoms with Crippen molar-refractivity contribution in [2.75, 3.05) is 6.54 Å². The number of fused-ring (bicyclic) bond motifs is 1. The summed E-state index contributed by atoms with van der Waals surface area (Å²) in [5, 5.41) is 3.28. The summed E-state index contributed by atoms with van der Waals surface area (Å²) in [6.07, 6.45) is -7.53. The van der Waals surface area contributed by atoms with Gasteiger partial charge in [0.1, 0.15) is 17.9 Å². The number of halogens is 6. The van der Waals surface area contributed by atoms with E-state index in [-0.39, 0.29) is 17.5 Å². The molecule has 2 aromatic rings. The zero-order chi connectivity index (χ0) is 20.5. The van der Waals surface area contributed by atoms with E-state index in [0.29, 0.717) is 12.5 Å². The molecule has 0 amide bonds. The second kappa shape index (κ2) is 7.33. The molecule has 0 radical (unpaired) electrons. The van der Waals surface area contributed by atoms with Crippen molar-refractivity contribution in [3.05, 3.63) is 63.7 Å². The van der Waals surface area contributed by atoms with Crippen LogP contribution < -0.4 is 0 Å². The first-order chi connectivity index (χ1) is 13.1. The van der Waals surface area contributed by atoms with Gasteiger partial charge in [-0.3, -0.25) is 0 Å². The van der Waals surface area contributed by atoms with Gasteiger partial charge in [-0.25, -0.2) is 4.98 Å². The molecule has 1 saturated heterocycles. The minimum atomic E-state index is -4.91. The largest absolute Gasteiger partial charge is 0.433 e. The Kier molecular flexibility index (Phi) is 5.22. The van der Waals surface area contributed by atoms with Crippen molar-refractivity contribution in [2.45, 2.75) is 31.0 Å². The van der Waals surface area contributed by atoms with Crippen molar-refractivity contribution in [3.8, 4) is 0 Å². The summed E-state index contributed by atoms with van der Waals surface area (Å²) in [4.78, 5) is 5.82. The predicted octanol–water partition coefficient (Wildman–Crippen LogP) is 5.97. The normalized spacial score (nSPS) is 19.8. The Morgan fingerprint density at radius 3 is 2.57 bits per heavy atom. The first kappa shape index (κ1) is 20.0. The van der Waals surface area contributed by atoms with Crippen molar-refractivity contribution in [3.63, 3.8) is 0 Å². The Bertz CT molecular complexity index is 962. The van der Waals surface area contributed by atoms with Crippen LogP contribution in [0.3, 0.4) is 0 Å². The number of hydrogen-bond donors (Lipinski definition) is 0. The van der Waals surface area contributed by atoms with Crippen LogP contribution in [0, 0.1) is 0 Å². The molecule has 1 fully saturated rings. The van der Waals surface area contributed by atoms with Crippen LogP contribution in [0.15, 0.2) is 41.5 Å². The lowest BCUT2D eigenvalue weighted by molar-refractivity contribution is -0.142. The SMILES string of the molecule is [N-]=[N+]=NCC/C=C\[C@H]1O[C@@H]1c1cc(C(F)(F)F)nc2c(C(F)(F)F)cccc12. The standard InChI is InChI=1S/C17H12F6N4O/c18-16(19,20)11-5-3-4-9-10(8-13(17(21,22)23)26-14(9)11)15-12(28-15)6-1-2-7-25-27-24/h1,3-6,8,12,15H,2,7H2/b6-1-/t12-,15-/m1/s1.